The van der Waals surface area contributed by atoms with E-state index in [1.165, 1.54) is 26.4 Å². The topological polar surface area (TPSA) is 53.9 Å². The van der Waals surface area contributed by atoms with Crippen LogP contribution >= 0.6 is 24.0 Å². The second kappa shape index (κ2) is 8.80. The van der Waals surface area contributed by atoms with Crippen molar-refractivity contribution in [2.45, 2.75) is 45.1 Å². The highest BCUT2D eigenvalue weighted by molar-refractivity contribution is 14.0. The summed E-state index contributed by atoms with van der Waals surface area (Å²) in [5, 5.41) is 3.56. The van der Waals surface area contributed by atoms with E-state index in [4.69, 9.17) is 4.74 Å². The summed E-state index contributed by atoms with van der Waals surface area (Å²) in [6.45, 7) is 4.00. The van der Waals surface area contributed by atoms with Gasteiger partial charge in [0.1, 0.15) is 0 Å². The maximum atomic E-state index is 11.5. The molecule has 2 unspecified atom stereocenters. The Balaban J connectivity index is 0.00000220. The van der Waals surface area contributed by atoms with Crippen molar-refractivity contribution < 1.29 is 9.53 Å². The summed E-state index contributed by atoms with van der Waals surface area (Å²) in [6.07, 6.45) is 5.55. The predicted molar refractivity (Wildman–Crippen MR) is 95.0 cm³/mol. The third kappa shape index (κ3) is 5.00. The number of guanidine groups is 1. The van der Waals surface area contributed by atoms with Gasteiger partial charge in [0, 0.05) is 26.2 Å². The molecule has 5 nitrogen and oxygen atoms in total. The van der Waals surface area contributed by atoms with Crippen LogP contribution in [0.1, 0.15) is 39.0 Å². The molecule has 1 aliphatic carbocycles. The summed E-state index contributed by atoms with van der Waals surface area (Å²) in [5.74, 6) is 1.81. The number of ether oxygens (including phenoxy) is 1. The molecule has 0 aromatic carbocycles. The van der Waals surface area contributed by atoms with Gasteiger partial charge < -0.3 is 15.0 Å². The molecule has 0 aromatic heterocycles. The summed E-state index contributed by atoms with van der Waals surface area (Å²) in [7, 11) is 3.31. The number of carbonyl (C=O) groups excluding carboxylic acids is 1. The number of carbonyl (C=O) groups is 1. The lowest BCUT2D eigenvalue weighted by Crippen LogP contribution is -2.47. The number of nitrogens with one attached hydrogen (secondary N) is 1. The molecule has 6 heteroatoms. The van der Waals surface area contributed by atoms with Crippen LogP contribution in [0, 0.1) is 11.8 Å². The van der Waals surface area contributed by atoms with Crippen molar-refractivity contribution in [3.63, 3.8) is 0 Å². The highest BCUT2D eigenvalue weighted by Gasteiger charge is 2.37. The summed E-state index contributed by atoms with van der Waals surface area (Å²) >= 11 is 0. The molecule has 21 heavy (non-hydrogen) atoms. The second-order valence-corrected chi connectivity index (χ2v) is 5.87. The van der Waals surface area contributed by atoms with Crippen molar-refractivity contribution in [1.82, 2.24) is 10.2 Å². The minimum absolute atomic E-state index is 0. The molecule has 0 amide bonds. The number of rotatable bonds is 4. The van der Waals surface area contributed by atoms with Gasteiger partial charge in [-0.1, -0.05) is 13.3 Å². The lowest BCUT2D eigenvalue weighted by Gasteiger charge is -2.33. The van der Waals surface area contributed by atoms with Gasteiger partial charge in [-0.3, -0.25) is 9.79 Å². The zero-order valence-electron chi connectivity index (χ0n) is 13.3. The van der Waals surface area contributed by atoms with Crippen LogP contribution in [0.2, 0.25) is 0 Å². The quantitative estimate of drug-likeness (QED) is 0.335. The number of methoxy groups -OCH3 is 1. The molecule has 2 fully saturated rings. The molecule has 2 aliphatic rings. The first-order valence-electron chi connectivity index (χ1n) is 7.75. The molecular weight excluding hydrogens is 381 g/mol. The number of aliphatic imine (C=N–C) groups is 1. The maximum absolute atomic E-state index is 11.5. The lowest BCUT2D eigenvalue weighted by molar-refractivity contribution is -0.146. The normalized spacial score (nSPS) is 26.0. The number of nitrogens with zero attached hydrogens (tertiary/aromatic N) is 2. The Kier molecular flexibility index (Phi) is 7.76. The summed E-state index contributed by atoms with van der Waals surface area (Å²) in [6, 6.07) is 0.604. The van der Waals surface area contributed by atoms with E-state index < -0.39 is 0 Å². The van der Waals surface area contributed by atoms with Gasteiger partial charge in [-0.15, -0.1) is 24.0 Å². The van der Waals surface area contributed by atoms with Crippen LogP contribution < -0.4 is 5.32 Å². The van der Waals surface area contributed by atoms with E-state index in [0.29, 0.717) is 6.04 Å². The number of piperidine rings is 1. The molecule has 2 rings (SSSR count). The van der Waals surface area contributed by atoms with E-state index in [0.717, 1.165) is 37.8 Å². The number of likely N-dealkylation sites (tertiary alicyclic amines) is 1. The molecular formula is C15H28IN3O2. The van der Waals surface area contributed by atoms with E-state index >= 15 is 0 Å². The molecule has 122 valence electrons. The van der Waals surface area contributed by atoms with Crippen molar-refractivity contribution in [2.24, 2.45) is 16.8 Å². The fourth-order valence-corrected chi connectivity index (χ4v) is 3.07. The Labute approximate surface area is 144 Å². The summed E-state index contributed by atoms with van der Waals surface area (Å²) < 4.78 is 4.82. The lowest BCUT2D eigenvalue weighted by atomic mass is 9.97. The Hall–Kier alpha value is -0.530. The van der Waals surface area contributed by atoms with Crippen LogP contribution in [0.25, 0.3) is 0 Å². The van der Waals surface area contributed by atoms with Crippen molar-refractivity contribution in [2.75, 3.05) is 27.2 Å². The minimum Gasteiger partial charge on any atom is -0.469 e. The van der Waals surface area contributed by atoms with E-state index in [1.54, 1.807) is 0 Å². The summed E-state index contributed by atoms with van der Waals surface area (Å²) in [5.41, 5.74) is 0. The van der Waals surface area contributed by atoms with Crippen LogP contribution in [0.5, 0.6) is 0 Å². The van der Waals surface area contributed by atoms with Crippen LogP contribution in [-0.4, -0.2) is 50.1 Å². The Morgan fingerprint density at radius 3 is 2.57 bits per heavy atom. The van der Waals surface area contributed by atoms with Crippen molar-refractivity contribution in [1.29, 1.82) is 0 Å². The Morgan fingerprint density at radius 1 is 1.38 bits per heavy atom. The van der Waals surface area contributed by atoms with Gasteiger partial charge in [0.15, 0.2) is 5.96 Å². The molecule has 1 N–H and O–H groups in total. The van der Waals surface area contributed by atoms with Gasteiger partial charge in [0.05, 0.1) is 13.0 Å². The van der Waals surface area contributed by atoms with Crippen molar-refractivity contribution >= 4 is 35.9 Å². The first-order valence-corrected chi connectivity index (χ1v) is 7.75. The first kappa shape index (κ1) is 18.5. The van der Waals surface area contributed by atoms with Gasteiger partial charge in [0.25, 0.3) is 0 Å². The van der Waals surface area contributed by atoms with Crippen molar-refractivity contribution in [3.8, 4) is 0 Å². The molecule has 0 aromatic rings. The van der Waals surface area contributed by atoms with Gasteiger partial charge >= 0.3 is 5.97 Å². The SMILES string of the molecule is CCCC1CC1NC(=NC)N1CCC(C(=O)OC)CC1.I. The largest absolute Gasteiger partial charge is 0.469 e. The average molecular weight is 409 g/mol. The van der Waals surface area contributed by atoms with E-state index in [9.17, 15) is 4.79 Å². The van der Waals surface area contributed by atoms with Gasteiger partial charge in [-0.2, -0.15) is 0 Å². The molecule has 1 heterocycles. The highest BCUT2D eigenvalue weighted by atomic mass is 127. The van der Waals surface area contributed by atoms with Crippen LogP contribution in [0.4, 0.5) is 0 Å². The number of halogens is 1. The van der Waals surface area contributed by atoms with Gasteiger partial charge in [-0.25, -0.2) is 0 Å². The summed E-state index contributed by atoms with van der Waals surface area (Å²) in [4.78, 5) is 18.2. The standard InChI is InChI=1S/C15H27N3O2.HI/c1-4-5-12-10-13(12)17-15(16-2)18-8-6-11(7-9-18)14(19)20-3;/h11-13H,4-10H2,1-3H3,(H,16,17);1H. The monoisotopic (exact) mass is 409 g/mol. The van der Waals surface area contributed by atoms with Gasteiger partial charge in [0.2, 0.25) is 0 Å². The fourth-order valence-electron chi connectivity index (χ4n) is 3.07. The van der Waals surface area contributed by atoms with Crippen LogP contribution in [0.15, 0.2) is 4.99 Å². The van der Waals surface area contributed by atoms with Gasteiger partial charge in [-0.05, 0) is 31.6 Å². The zero-order valence-corrected chi connectivity index (χ0v) is 15.6. The number of hydrogen-bond donors (Lipinski definition) is 1. The Bertz CT molecular complexity index is 368. The van der Waals surface area contributed by atoms with Crippen LogP contribution in [0.3, 0.4) is 0 Å². The third-order valence-electron chi connectivity index (χ3n) is 4.44. The molecule has 1 saturated carbocycles. The fraction of sp³-hybridized carbons (Fsp3) is 0.867. The van der Waals surface area contributed by atoms with E-state index in [2.05, 4.69) is 22.1 Å². The van der Waals surface area contributed by atoms with Crippen molar-refractivity contribution in [3.05, 3.63) is 0 Å². The highest BCUT2D eigenvalue weighted by Crippen LogP contribution is 2.34. The van der Waals surface area contributed by atoms with Crippen LogP contribution in [-0.2, 0) is 9.53 Å². The van der Waals surface area contributed by atoms with E-state index in [-0.39, 0.29) is 35.9 Å². The predicted octanol–water partition coefficient (Wildman–Crippen LogP) is 2.25. The smallest absolute Gasteiger partial charge is 0.308 e. The molecule has 1 saturated heterocycles. The minimum atomic E-state index is -0.0715. The molecule has 1 aliphatic heterocycles. The zero-order chi connectivity index (χ0) is 14.5. The molecule has 0 bridgehead atoms. The number of hydrogen-bond acceptors (Lipinski definition) is 3. The maximum Gasteiger partial charge on any atom is 0.308 e. The Morgan fingerprint density at radius 2 is 2.05 bits per heavy atom. The van der Waals surface area contributed by atoms with E-state index in [1.807, 2.05) is 7.05 Å². The second-order valence-electron chi connectivity index (χ2n) is 5.87. The molecule has 0 spiro atoms. The molecule has 2 atom stereocenters. The number of esters is 1. The first-order chi connectivity index (χ1) is 9.69. The molecule has 0 radical (unpaired) electrons. The average Bonchev–Trinajstić information content (AvgIpc) is 3.22. The third-order valence-corrected chi connectivity index (χ3v) is 4.44.